The van der Waals surface area contributed by atoms with Crippen LogP contribution >= 0.6 is 0 Å². The van der Waals surface area contributed by atoms with E-state index in [2.05, 4.69) is 11.0 Å². The van der Waals surface area contributed by atoms with Gasteiger partial charge in [0.25, 0.3) is 0 Å². The number of imide groups is 1. The molecule has 0 aliphatic carbocycles. The molecule has 0 spiro atoms. The van der Waals surface area contributed by atoms with Crippen molar-refractivity contribution < 1.29 is 14.4 Å². The van der Waals surface area contributed by atoms with E-state index in [0.717, 1.165) is 16.8 Å². The largest absolute Gasteiger partial charge is 0.353 e. The van der Waals surface area contributed by atoms with Gasteiger partial charge in [0.05, 0.1) is 17.9 Å². The average Bonchev–Trinajstić information content (AvgIpc) is 3.07. The Hall–Kier alpha value is -2.43. The van der Waals surface area contributed by atoms with E-state index in [1.165, 1.54) is 4.90 Å². The first-order valence-corrected chi connectivity index (χ1v) is 10.3. The highest BCUT2D eigenvalue weighted by Crippen LogP contribution is 2.51. The summed E-state index contributed by atoms with van der Waals surface area (Å²) in [6.45, 7) is 13.3. The summed E-state index contributed by atoms with van der Waals surface area (Å²) >= 11 is 0. The predicted octanol–water partition coefficient (Wildman–Crippen LogP) is 3.68. The van der Waals surface area contributed by atoms with E-state index in [-0.39, 0.29) is 23.6 Å². The van der Waals surface area contributed by atoms with Crippen molar-refractivity contribution in [3.63, 3.8) is 0 Å². The molecule has 0 bridgehead atoms. The second-order valence-electron chi connectivity index (χ2n) is 10.6. The van der Waals surface area contributed by atoms with Gasteiger partial charge in [0, 0.05) is 22.2 Å². The molecule has 0 saturated carbocycles. The number of para-hydroxylation sites is 1. The molecule has 4 atom stereocenters. The zero-order chi connectivity index (χ0) is 21.5. The Bertz CT molecular complexity index is 948. The molecule has 0 N–H and O–H groups in total. The molecule has 2 fully saturated rings. The number of amides is 2. The highest BCUT2D eigenvalue weighted by molar-refractivity contribution is 6.12. The summed E-state index contributed by atoms with van der Waals surface area (Å²) in [6.07, 6.45) is 2.08. The minimum absolute atomic E-state index is 0.00895. The van der Waals surface area contributed by atoms with Crippen LogP contribution in [0.25, 0.3) is 5.57 Å². The van der Waals surface area contributed by atoms with Crippen molar-refractivity contribution in [1.29, 1.82) is 0 Å². The molecular formula is C24H30N2O3. The number of anilines is 1. The van der Waals surface area contributed by atoms with E-state index in [1.807, 2.05) is 72.7 Å². The topological polar surface area (TPSA) is 57.7 Å². The van der Waals surface area contributed by atoms with Crippen molar-refractivity contribution in [1.82, 2.24) is 4.90 Å². The van der Waals surface area contributed by atoms with Gasteiger partial charge in [-0.3, -0.25) is 19.3 Å². The lowest BCUT2D eigenvalue weighted by atomic mass is 9.79. The molecule has 4 rings (SSSR count). The molecule has 5 nitrogen and oxygen atoms in total. The van der Waals surface area contributed by atoms with Crippen molar-refractivity contribution in [3.8, 4) is 0 Å². The maximum Gasteiger partial charge on any atom is 0.236 e. The third-order valence-corrected chi connectivity index (χ3v) is 6.43. The summed E-state index contributed by atoms with van der Waals surface area (Å²) in [5, 5.41) is 0. The first-order valence-electron chi connectivity index (χ1n) is 10.3. The third kappa shape index (κ3) is 2.70. The minimum Gasteiger partial charge on any atom is -0.353 e. The molecule has 0 radical (unpaired) electrons. The second-order valence-corrected chi connectivity index (χ2v) is 10.6. The van der Waals surface area contributed by atoms with Gasteiger partial charge in [-0.05, 0) is 39.3 Å². The summed E-state index contributed by atoms with van der Waals surface area (Å²) in [5.41, 5.74) is 1.86. The van der Waals surface area contributed by atoms with E-state index in [1.54, 1.807) is 0 Å². The SMILES string of the molecule is CC1=C[C@H]2[C@@H]3C(=O)N(C(C)(C)C)C(=O)[C@@H]3[C@H](C(=O)C(C)(C)C)N2c2ccccc21. The van der Waals surface area contributed by atoms with Crippen LogP contribution < -0.4 is 4.90 Å². The van der Waals surface area contributed by atoms with Crippen molar-refractivity contribution in [2.45, 2.75) is 66.1 Å². The number of carbonyl (C=O) groups excluding carboxylic acids is 3. The van der Waals surface area contributed by atoms with Crippen LogP contribution in [0.3, 0.4) is 0 Å². The van der Waals surface area contributed by atoms with Crippen molar-refractivity contribution >= 4 is 28.9 Å². The number of carbonyl (C=O) groups is 3. The highest BCUT2D eigenvalue weighted by Gasteiger charge is 2.66. The van der Waals surface area contributed by atoms with Crippen molar-refractivity contribution in [3.05, 3.63) is 35.9 Å². The number of hydrogen-bond donors (Lipinski definition) is 0. The van der Waals surface area contributed by atoms with E-state index in [4.69, 9.17) is 0 Å². The highest BCUT2D eigenvalue weighted by atomic mass is 16.2. The lowest BCUT2D eigenvalue weighted by Crippen LogP contribution is -2.54. The summed E-state index contributed by atoms with van der Waals surface area (Å²) in [6, 6.07) is 7.04. The average molecular weight is 395 g/mol. The Balaban J connectivity index is 1.93. The molecule has 1 aromatic carbocycles. The quantitative estimate of drug-likeness (QED) is 0.682. The van der Waals surface area contributed by atoms with Crippen LogP contribution in [0, 0.1) is 17.3 Å². The molecular weight excluding hydrogens is 364 g/mol. The molecule has 2 amide bonds. The Morgan fingerprint density at radius 2 is 1.52 bits per heavy atom. The number of allylic oxidation sites excluding steroid dienone is 1. The minimum atomic E-state index is -0.645. The number of rotatable bonds is 1. The van der Waals surface area contributed by atoms with E-state index in [0.29, 0.717) is 0 Å². The zero-order valence-electron chi connectivity index (χ0n) is 18.3. The number of hydrogen-bond acceptors (Lipinski definition) is 4. The Labute approximate surface area is 172 Å². The van der Waals surface area contributed by atoms with Gasteiger partial charge in [-0.1, -0.05) is 45.0 Å². The molecule has 3 aliphatic heterocycles. The fourth-order valence-electron chi connectivity index (χ4n) is 5.20. The third-order valence-electron chi connectivity index (χ3n) is 6.43. The van der Waals surface area contributed by atoms with Gasteiger partial charge >= 0.3 is 0 Å². The molecule has 0 unspecified atom stereocenters. The molecule has 5 heteroatoms. The number of Topliss-reactive ketones (excluding diaryl/α,β-unsaturated/α-hetero) is 1. The molecule has 2 saturated heterocycles. The number of nitrogens with zero attached hydrogens (tertiary/aromatic N) is 2. The Morgan fingerprint density at radius 3 is 2.10 bits per heavy atom. The van der Waals surface area contributed by atoms with Crippen molar-refractivity contribution in [2.24, 2.45) is 17.3 Å². The molecule has 154 valence electrons. The number of benzene rings is 1. The first kappa shape index (κ1) is 19.9. The number of ketones is 1. The number of fused-ring (bicyclic) bond motifs is 5. The van der Waals surface area contributed by atoms with Crippen LogP contribution in [0.2, 0.25) is 0 Å². The van der Waals surface area contributed by atoms with Crippen LogP contribution in [0.5, 0.6) is 0 Å². The van der Waals surface area contributed by atoms with Gasteiger partial charge < -0.3 is 4.90 Å². The smallest absolute Gasteiger partial charge is 0.236 e. The fourth-order valence-corrected chi connectivity index (χ4v) is 5.20. The summed E-state index contributed by atoms with van der Waals surface area (Å²) < 4.78 is 0. The lowest BCUT2D eigenvalue weighted by molar-refractivity contribution is -0.146. The summed E-state index contributed by atoms with van der Waals surface area (Å²) in [4.78, 5) is 44.1. The maximum atomic E-state index is 13.6. The first-order chi connectivity index (χ1) is 13.4. The fraction of sp³-hybridized carbons (Fsp3) is 0.542. The molecule has 3 heterocycles. The standard InChI is InChI=1S/C24H30N2O3/c1-13-12-16-17-18(22(29)26(21(17)28)24(5,6)7)19(20(27)23(2,3)4)25(16)15-11-9-8-10-14(13)15/h8-12,16-19H,1-7H3/t16-,17-,18-,19+/m0/s1. The summed E-state index contributed by atoms with van der Waals surface area (Å²) in [5.74, 6) is -1.53. The molecule has 1 aromatic rings. The van der Waals surface area contributed by atoms with Gasteiger partial charge in [-0.15, -0.1) is 0 Å². The zero-order valence-corrected chi connectivity index (χ0v) is 18.3. The Kier molecular flexibility index (Phi) is 4.14. The number of likely N-dealkylation sites (tertiary alicyclic amines) is 1. The van der Waals surface area contributed by atoms with Gasteiger partial charge in [0.1, 0.15) is 6.04 Å². The van der Waals surface area contributed by atoms with E-state index < -0.39 is 28.8 Å². The molecule has 0 aromatic heterocycles. The van der Waals surface area contributed by atoms with Gasteiger partial charge in [0.2, 0.25) is 11.8 Å². The second kappa shape index (κ2) is 6.04. The molecule has 29 heavy (non-hydrogen) atoms. The molecule has 3 aliphatic rings. The lowest BCUT2D eigenvalue weighted by Gasteiger charge is -2.40. The van der Waals surface area contributed by atoms with Gasteiger partial charge in [-0.2, -0.15) is 0 Å². The predicted molar refractivity (Wildman–Crippen MR) is 113 cm³/mol. The van der Waals surface area contributed by atoms with Gasteiger partial charge in [-0.25, -0.2) is 0 Å². The maximum absolute atomic E-state index is 13.6. The van der Waals surface area contributed by atoms with Crippen LogP contribution in [-0.2, 0) is 14.4 Å². The van der Waals surface area contributed by atoms with Crippen molar-refractivity contribution in [2.75, 3.05) is 4.90 Å². The van der Waals surface area contributed by atoms with Crippen LogP contribution in [-0.4, -0.2) is 40.1 Å². The van der Waals surface area contributed by atoms with E-state index >= 15 is 0 Å². The van der Waals surface area contributed by atoms with Gasteiger partial charge in [0.15, 0.2) is 5.78 Å². The van der Waals surface area contributed by atoms with Crippen LogP contribution in [0.15, 0.2) is 30.3 Å². The normalized spacial score (nSPS) is 28.9. The Morgan fingerprint density at radius 1 is 0.931 bits per heavy atom. The van der Waals surface area contributed by atoms with Crippen LogP contribution in [0.4, 0.5) is 5.69 Å². The summed E-state index contributed by atoms with van der Waals surface area (Å²) in [7, 11) is 0. The van der Waals surface area contributed by atoms with Crippen LogP contribution in [0.1, 0.15) is 54.0 Å². The monoisotopic (exact) mass is 394 g/mol. The van der Waals surface area contributed by atoms with E-state index in [9.17, 15) is 14.4 Å².